The van der Waals surface area contributed by atoms with Crippen LogP contribution in [0.2, 0.25) is 0 Å². The number of aliphatic imine (C=N–C) groups is 1. The number of fused-ring (bicyclic) bond motifs is 1. The molecule has 4 rings (SSSR count). The minimum atomic E-state index is -0.250. The highest BCUT2D eigenvalue weighted by Gasteiger charge is 2.07. The zero-order valence-corrected chi connectivity index (χ0v) is 18.3. The fourth-order valence-corrected chi connectivity index (χ4v) is 3.59. The molecule has 0 bridgehead atoms. The SMILES string of the molecule is CN=C(NCCc1c[nH]c2cc(F)ccc12)NCc1cccc(NC(=O)Cn2cccn2)c1. The number of amides is 1. The van der Waals surface area contributed by atoms with Crippen LogP contribution in [-0.4, -0.2) is 40.2 Å². The second-order valence-corrected chi connectivity index (χ2v) is 7.56. The van der Waals surface area contributed by atoms with E-state index in [1.807, 2.05) is 30.5 Å². The summed E-state index contributed by atoms with van der Waals surface area (Å²) in [5, 5.41) is 14.5. The van der Waals surface area contributed by atoms with Crippen LogP contribution in [0.4, 0.5) is 10.1 Å². The smallest absolute Gasteiger partial charge is 0.246 e. The first-order chi connectivity index (χ1) is 16.1. The molecule has 170 valence electrons. The van der Waals surface area contributed by atoms with Crippen molar-refractivity contribution in [1.82, 2.24) is 25.4 Å². The van der Waals surface area contributed by atoms with Gasteiger partial charge in [-0.05, 0) is 53.9 Å². The molecular formula is C24H26FN7O. The van der Waals surface area contributed by atoms with Crippen LogP contribution in [0, 0.1) is 5.82 Å². The Morgan fingerprint density at radius 3 is 2.91 bits per heavy atom. The lowest BCUT2D eigenvalue weighted by Gasteiger charge is -2.13. The fourth-order valence-electron chi connectivity index (χ4n) is 3.59. The van der Waals surface area contributed by atoms with E-state index in [1.165, 1.54) is 12.1 Å². The first-order valence-corrected chi connectivity index (χ1v) is 10.7. The third-order valence-corrected chi connectivity index (χ3v) is 5.18. The maximum atomic E-state index is 13.4. The van der Waals surface area contributed by atoms with Gasteiger partial charge in [-0.25, -0.2) is 4.39 Å². The van der Waals surface area contributed by atoms with Gasteiger partial charge >= 0.3 is 0 Å². The number of nitrogens with one attached hydrogen (secondary N) is 4. The lowest BCUT2D eigenvalue weighted by molar-refractivity contribution is -0.116. The molecule has 9 heteroatoms. The lowest BCUT2D eigenvalue weighted by Crippen LogP contribution is -2.37. The molecule has 0 aliphatic rings. The number of carbonyl (C=O) groups is 1. The molecule has 0 atom stereocenters. The number of hydrogen-bond acceptors (Lipinski definition) is 3. The first kappa shape index (κ1) is 22.1. The number of halogens is 1. The number of carbonyl (C=O) groups excluding carboxylic acids is 1. The Balaban J connectivity index is 1.26. The summed E-state index contributed by atoms with van der Waals surface area (Å²) >= 11 is 0. The van der Waals surface area contributed by atoms with Gasteiger partial charge in [-0.1, -0.05) is 12.1 Å². The quantitative estimate of drug-likeness (QED) is 0.246. The third kappa shape index (κ3) is 5.97. The van der Waals surface area contributed by atoms with Crippen LogP contribution in [0.3, 0.4) is 0 Å². The molecule has 2 heterocycles. The van der Waals surface area contributed by atoms with E-state index in [0.717, 1.165) is 34.1 Å². The molecule has 4 N–H and O–H groups in total. The number of rotatable bonds is 8. The Labute approximate surface area is 190 Å². The standard InChI is InChI=1S/C24H26FN7O/c1-26-24(27-10-8-18-15-28-22-13-19(25)6-7-21(18)22)29-14-17-4-2-5-20(12-17)31-23(33)16-32-11-3-9-30-32/h2-7,9,11-13,15,28H,8,10,14,16H2,1H3,(H,31,33)(H2,26,27,29). The van der Waals surface area contributed by atoms with Crippen molar-refractivity contribution in [2.24, 2.45) is 4.99 Å². The summed E-state index contributed by atoms with van der Waals surface area (Å²) in [6.07, 6.45) is 6.07. The number of anilines is 1. The van der Waals surface area contributed by atoms with E-state index in [2.05, 4.69) is 31.0 Å². The van der Waals surface area contributed by atoms with Crippen molar-refractivity contribution in [1.29, 1.82) is 0 Å². The van der Waals surface area contributed by atoms with E-state index in [0.29, 0.717) is 19.0 Å². The summed E-state index contributed by atoms with van der Waals surface area (Å²) < 4.78 is 14.9. The summed E-state index contributed by atoms with van der Waals surface area (Å²) in [7, 11) is 1.72. The first-order valence-electron chi connectivity index (χ1n) is 10.7. The van der Waals surface area contributed by atoms with Crippen molar-refractivity contribution in [2.45, 2.75) is 19.5 Å². The Kier molecular flexibility index (Phi) is 6.99. The van der Waals surface area contributed by atoms with Crippen molar-refractivity contribution in [3.63, 3.8) is 0 Å². The number of guanidine groups is 1. The number of benzene rings is 2. The number of H-pyrrole nitrogens is 1. The van der Waals surface area contributed by atoms with Gasteiger partial charge in [0.1, 0.15) is 12.4 Å². The van der Waals surface area contributed by atoms with Crippen molar-refractivity contribution in [2.75, 3.05) is 18.9 Å². The average molecular weight is 448 g/mol. The van der Waals surface area contributed by atoms with Gasteiger partial charge in [0.2, 0.25) is 5.91 Å². The van der Waals surface area contributed by atoms with E-state index in [4.69, 9.17) is 0 Å². The summed E-state index contributed by atoms with van der Waals surface area (Å²) in [4.78, 5) is 19.6. The van der Waals surface area contributed by atoms with Crippen LogP contribution in [0.25, 0.3) is 10.9 Å². The molecule has 0 spiro atoms. The Morgan fingerprint density at radius 2 is 2.09 bits per heavy atom. The minimum absolute atomic E-state index is 0.138. The molecule has 33 heavy (non-hydrogen) atoms. The highest BCUT2D eigenvalue weighted by Crippen LogP contribution is 2.19. The van der Waals surface area contributed by atoms with Gasteiger partial charge < -0.3 is 20.9 Å². The zero-order chi connectivity index (χ0) is 23.0. The lowest BCUT2D eigenvalue weighted by atomic mass is 10.1. The maximum Gasteiger partial charge on any atom is 0.246 e. The Morgan fingerprint density at radius 1 is 1.18 bits per heavy atom. The molecule has 0 radical (unpaired) electrons. The molecule has 2 aromatic heterocycles. The Hall–Kier alpha value is -4.14. The van der Waals surface area contributed by atoms with Crippen LogP contribution in [0.5, 0.6) is 0 Å². The molecule has 8 nitrogen and oxygen atoms in total. The van der Waals surface area contributed by atoms with Gasteiger partial charge in [0.25, 0.3) is 0 Å². The molecule has 2 aromatic carbocycles. The second kappa shape index (κ2) is 10.4. The second-order valence-electron chi connectivity index (χ2n) is 7.56. The molecular weight excluding hydrogens is 421 g/mol. The van der Waals surface area contributed by atoms with E-state index < -0.39 is 0 Å². The number of aromatic amines is 1. The molecule has 0 saturated heterocycles. The average Bonchev–Trinajstić information content (AvgIpc) is 3.46. The summed E-state index contributed by atoms with van der Waals surface area (Å²) in [6.45, 7) is 1.39. The van der Waals surface area contributed by atoms with Crippen LogP contribution in [-0.2, 0) is 24.3 Å². The predicted octanol–water partition coefficient (Wildman–Crippen LogP) is 3.05. The number of aromatic nitrogens is 3. The Bertz CT molecular complexity index is 1250. The van der Waals surface area contributed by atoms with Gasteiger partial charge in [-0.2, -0.15) is 5.10 Å². The van der Waals surface area contributed by atoms with Crippen molar-refractivity contribution >= 4 is 28.5 Å². The van der Waals surface area contributed by atoms with E-state index in [9.17, 15) is 9.18 Å². The summed E-state index contributed by atoms with van der Waals surface area (Å²) in [6, 6.07) is 14.2. The van der Waals surface area contributed by atoms with Gasteiger partial charge in [0.05, 0.1) is 0 Å². The predicted molar refractivity (Wildman–Crippen MR) is 127 cm³/mol. The summed E-state index contributed by atoms with van der Waals surface area (Å²) in [5.41, 5.74) is 3.65. The van der Waals surface area contributed by atoms with Crippen molar-refractivity contribution < 1.29 is 9.18 Å². The van der Waals surface area contributed by atoms with Crippen LogP contribution in [0.15, 0.2) is 72.1 Å². The summed E-state index contributed by atoms with van der Waals surface area (Å²) in [5.74, 6) is 0.287. The number of nitrogens with zero attached hydrogens (tertiary/aromatic N) is 3. The molecule has 0 unspecified atom stereocenters. The largest absolute Gasteiger partial charge is 0.361 e. The third-order valence-electron chi connectivity index (χ3n) is 5.18. The monoisotopic (exact) mass is 447 g/mol. The van der Waals surface area contributed by atoms with Gasteiger partial charge in [0, 0.05) is 55.3 Å². The zero-order valence-electron chi connectivity index (χ0n) is 18.3. The normalized spacial score (nSPS) is 11.5. The fraction of sp³-hybridized carbons (Fsp3) is 0.208. The molecule has 1 amide bonds. The molecule has 0 fully saturated rings. The van der Waals surface area contributed by atoms with Crippen LogP contribution >= 0.6 is 0 Å². The van der Waals surface area contributed by atoms with Crippen LogP contribution in [0.1, 0.15) is 11.1 Å². The highest BCUT2D eigenvalue weighted by atomic mass is 19.1. The van der Waals surface area contributed by atoms with Gasteiger partial charge in [-0.3, -0.25) is 14.5 Å². The maximum absolute atomic E-state index is 13.4. The molecule has 0 aliphatic carbocycles. The van der Waals surface area contributed by atoms with Crippen molar-refractivity contribution in [3.8, 4) is 0 Å². The van der Waals surface area contributed by atoms with Gasteiger partial charge in [-0.15, -0.1) is 0 Å². The van der Waals surface area contributed by atoms with E-state index in [1.54, 1.807) is 36.3 Å². The van der Waals surface area contributed by atoms with Gasteiger partial charge in [0.15, 0.2) is 5.96 Å². The van der Waals surface area contributed by atoms with Crippen LogP contribution < -0.4 is 16.0 Å². The van der Waals surface area contributed by atoms with Crippen molar-refractivity contribution in [3.05, 3.63) is 84.1 Å². The van der Waals surface area contributed by atoms with E-state index in [-0.39, 0.29) is 18.3 Å². The number of hydrogen-bond donors (Lipinski definition) is 4. The minimum Gasteiger partial charge on any atom is -0.361 e. The molecule has 0 aliphatic heterocycles. The molecule has 0 saturated carbocycles. The highest BCUT2D eigenvalue weighted by molar-refractivity contribution is 5.90. The molecule has 4 aromatic rings. The van der Waals surface area contributed by atoms with E-state index >= 15 is 0 Å². The topological polar surface area (TPSA) is 99.1 Å².